The summed E-state index contributed by atoms with van der Waals surface area (Å²) in [6.07, 6.45) is 3.29. The summed E-state index contributed by atoms with van der Waals surface area (Å²) in [6.45, 7) is 0. The van der Waals surface area contributed by atoms with Gasteiger partial charge in [-0.05, 0) is 29.8 Å². The van der Waals surface area contributed by atoms with Crippen LogP contribution in [0.2, 0.25) is 0 Å². The summed E-state index contributed by atoms with van der Waals surface area (Å²) in [7, 11) is 0. The fourth-order valence-electron chi connectivity index (χ4n) is 1.64. The van der Waals surface area contributed by atoms with Gasteiger partial charge in [0.1, 0.15) is 5.82 Å². The SMILES string of the molecule is O=C(O)[C@H](c1cccc(F)c1)n1cccc1. The Kier molecular flexibility index (Phi) is 2.72. The highest BCUT2D eigenvalue weighted by atomic mass is 19.1. The van der Waals surface area contributed by atoms with Crippen molar-refractivity contribution in [3.8, 4) is 0 Å². The maximum atomic E-state index is 13.0. The predicted octanol–water partition coefficient (Wildman–Crippen LogP) is 2.30. The molecule has 2 rings (SSSR count). The van der Waals surface area contributed by atoms with Gasteiger partial charge in [-0.3, -0.25) is 0 Å². The molecule has 1 heterocycles. The molecule has 0 saturated carbocycles. The number of halogens is 1. The van der Waals surface area contributed by atoms with Gasteiger partial charge in [-0.15, -0.1) is 0 Å². The smallest absolute Gasteiger partial charge is 0.331 e. The number of aromatic nitrogens is 1. The molecule has 0 aliphatic rings. The summed E-state index contributed by atoms with van der Waals surface area (Å²) in [5.41, 5.74) is 0.420. The Morgan fingerprint density at radius 1 is 1.25 bits per heavy atom. The van der Waals surface area contributed by atoms with E-state index in [4.69, 9.17) is 5.11 Å². The van der Waals surface area contributed by atoms with Crippen LogP contribution in [0, 0.1) is 5.82 Å². The molecule has 1 N–H and O–H groups in total. The molecule has 2 aromatic rings. The molecule has 0 bridgehead atoms. The van der Waals surface area contributed by atoms with Crippen molar-refractivity contribution in [2.75, 3.05) is 0 Å². The molecule has 4 heteroatoms. The third-order valence-corrected chi connectivity index (χ3v) is 2.32. The summed E-state index contributed by atoms with van der Waals surface area (Å²) in [6, 6.07) is 8.21. The molecule has 82 valence electrons. The quantitative estimate of drug-likeness (QED) is 0.860. The maximum Gasteiger partial charge on any atom is 0.331 e. The summed E-state index contributed by atoms with van der Waals surface area (Å²) < 4.78 is 14.6. The first kappa shape index (κ1) is 10.4. The maximum absolute atomic E-state index is 13.0. The van der Waals surface area contributed by atoms with E-state index in [2.05, 4.69) is 0 Å². The van der Waals surface area contributed by atoms with E-state index >= 15 is 0 Å². The molecule has 0 radical (unpaired) electrons. The van der Waals surface area contributed by atoms with E-state index in [0.29, 0.717) is 5.56 Å². The van der Waals surface area contributed by atoms with E-state index in [0.717, 1.165) is 0 Å². The predicted molar refractivity (Wildman–Crippen MR) is 56.6 cm³/mol. The molecule has 1 aromatic heterocycles. The normalized spacial score (nSPS) is 12.3. The molecule has 0 saturated heterocycles. The minimum Gasteiger partial charge on any atom is -0.479 e. The fourth-order valence-corrected chi connectivity index (χ4v) is 1.64. The number of hydrogen-bond donors (Lipinski definition) is 1. The summed E-state index contributed by atoms with van der Waals surface area (Å²) in [5.74, 6) is -1.45. The van der Waals surface area contributed by atoms with E-state index in [9.17, 15) is 9.18 Å². The van der Waals surface area contributed by atoms with Gasteiger partial charge < -0.3 is 9.67 Å². The van der Waals surface area contributed by atoms with Gasteiger partial charge in [0, 0.05) is 12.4 Å². The van der Waals surface area contributed by atoms with Crippen LogP contribution in [0.25, 0.3) is 0 Å². The largest absolute Gasteiger partial charge is 0.479 e. The number of rotatable bonds is 3. The molecular weight excluding hydrogens is 209 g/mol. The zero-order valence-corrected chi connectivity index (χ0v) is 8.38. The molecule has 3 nitrogen and oxygen atoms in total. The van der Waals surface area contributed by atoms with Crippen molar-refractivity contribution in [1.29, 1.82) is 0 Å². The minimum atomic E-state index is -1.01. The van der Waals surface area contributed by atoms with E-state index in [1.54, 1.807) is 30.6 Å². The van der Waals surface area contributed by atoms with Crippen LogP contribution in [-0.2, 0) is 4.79 Å². The van der Waals surface area contributed by atoms with Crippen molar-refractivity contribution >= 4 is 5.97 Å². The second kappa shape index (κ2) is 4.18. The molecular formula is C12H10FNO2. The van der Waals surface area contributed by atoms with Gasteiger partial charge in [0.25, 0.3) is 0 Å². The summed E-state index contributed by atoms with van der Waals surface area (Å²) >= 11 is 0. The van der Waals surface area contributed by atoms with Crippen LogP contribution >= 0.6 is 0 Å². The number of aliphatic carboxylic acids is 1. The first-order valence-electron chi connectivity index (χ1n) is 4.79. The number of hydrogen-bond acceptors (Lipinski definition) is 1. The van der Waals surface area contributed by atoms with E-state index in [-0.39, 0.29) is 0 Å². The highest BCUT2D eigenvalue weighted by molar-refractivity contribution is 5.76. The van der Waals surface area contributed by atoms with Crippen molar-refractivity contribution in [1.82, 2.24) is 4.57 Å². The Labute approximate surface area is 91.8 Å². The molecule has 0 unspecified atom stereocenters. The third kappa shape index (κ3) is 1.95. The molecule has 0 aliphatic heterocycles. The Balaban J connectivity index is 2.45. The number of benzene rings is 1. The summed E-state index contributed by atoms with van der Waals surface area (Å²) in [5, 5.41) is 9.15. The van der Waals surface area contributed by atoms with Gasteiger partial charge in [-0.25, -0.2) is 9.18 Å². The van der Waals surface area contributed by atoms with Crippen LogP contribution in [0.15, 0.2) is 48.8 Å². The molecule has 1 aromatic carbocycles. The van der Waals surface area contributed by atoms with Gasteiger partial charge in [-0.2, -0.15) is 0 Å². The second-order valence-corrected chi connectivity index (χ2v) is 3.43. The molecule has 0 spiro atoms. The lowest BCUT2D eigenvalue weighted by molar-refractivity contribution is -0.139. The highest BCUT2D eigenvalue weighted by Crippen LogP contribution is 2.19. The first-order chi connectivity index (χ1) is 7.68. The molecule has 0 aliphatic carbocycles. The van der Waals surface area contributed by atoms with Crippen LogP contribution < -0.4 is 0 Å². The lowest BCUT2D eigenvalue weighted by Gasteiger charge is -2.14. The molecule has 0 amide bonds. The zero-order valence-electron chi connectivity index (χ0n) is 8.38. The average molecular weight is 219 g/mol. The highest BCUT2D eigenvalue weighted by Gasteiger charge is 2.20. The number of nitrogens with zero attached hydrogens (tertiary/aromatic N) is 1. The number of carboxylic acids is 1. The monoisotopic (exact) mass is 219 g/mol. The number of carboxylic acid groups (broad SMARTS) is 1. The average Bonchev–Trinajstić information content (AvgIpc) is 2.71. The van der Waals surface area contributed by atoms with E-state index in [1.165, 1.54) is 22.8 Å². The van der Waals surface area contributed by atoms with Crippen LogP contribution in [-0.4, -0.2) is 15.6 Å². The van der Waals surface area contributed by atoms with Crippen LogP contribution in [0.3, 0.4) is 0 Å². The fraction of sp³-hybridized carbons (Fsp3) is 0.0833. The Morgan fingerprint density at radius 3 is 2.50 bits per heavy atom. The summed E-state index contributed by atoms with van der Waals surface area (Å²) in [4.78, 5) is 11.2. The van der Waals surface area contributed by atoms with Gasteiger partial charge in [-0.1, -0.05) is 12.1 Å². The molecule has 0 fully saturated rings. The van der Waals surface area contributed by atoms with E-state index in [1.807, 2.05) is 0 Å². The Hall–Kier alpha value is -2.10. The minimum absolute atomic E-state index is 0.420. The lowest BCUT2D eigenvalue weighted by Crippen LogP contribution is -2.19. The third-order valence-electron chi connectivity index (χ3n) is 2.32. The number of carbonyl (C=O) groups is 1. The van der Waals surface area contributed by atoms with Crippen molar-refractivity contribution in [3.63, 3.8) is 0 Å². The van der Waals surface area contributed by atoms with Crippen molar-refractivity contribution in [2.24, 2.45) is 0 Å². The van der Waals surface area contributed by atoms with Crippen molar-refractivity contribution in [2.45, 2.75) is 6.04 Å². The Morgan fingerprint density at radius 2 is 1.94 bits per heavy atom. The first-order valence-corrected chi connectivity index (χ1v) is 4.79. The zero-order chi connectivity index (χ0) is 11.5. The van der Waals surface area contributed by atoms with Gasteiger partial charge >= 0.3 is 5.97 Å². The Bertz CT molecular complexity index is 493. The van der Waals surface area contributed by atoms with Crippen LogP contribution in [0.4, 0.5) is 4.39 Å². The standard InChI is InChI=1S/C12H10FNO2/c13-10-5-3-4-9(8-10)11(12(15)16)14-6-1-2-7-14/h1-8,11H,(H,15,16)/t11-/m0/s1. The topological polar surface area (TPSA) is 42.2 Å². The van der Waals surface area contributed by atoms with E-state index < -0.39 is 17.8 Å². The lowest BCUT2D eigenvalue weighted by atomic mass is 10.1. The van der Waals surface area contributed by atoms with Gasteiger partial charge in [0.05, 0.1) is 0 Å². The van der Waals surface area contributed by atoms with Crippen LogP contribution in [0.1, 0.15) is 11.6 Å². The van der Waals surface area contributed by atoms with Gasteiger partial charge in [0.15, 0.2) is 6.04 Å². The van der Waals surface area contributed by atoms with Crippen molar-refractivity contribution in [3.05, 3.63) is 60.2 Å². The second-order valence-electron chi connectivity index (χ2n) is 3.43. The molecule has 1 atom stereocenters. The van der Waals surface area contributed by atoms with Crippen molar-refractivity contribution < 1.29 is 14.3 Å². The van der Waals surface area contributed by atoms with Gasteiger partial charge in [0.2, 0.25) is 0 Å². The molecule has 16 heavy (non-hydrogen) atoms. The van der Waals surface area contributed by atoms with Crippen LogP contribution in [0.5, 0.6) is 0 Å².